The molecule has 0 fully saturated rings. The first-order valence-electron chi connectivity index (χ1n) is 3.04. The van der Waals surface area contributed by atoms with Crippen molar-refractivity contribution in [2.24, 2.45) is 4.99 Å². The fraction of sp³-hybridized carbons (Fsp3) is 0.143. The molecule has 1 rings (SSSR count). The molecule has 3 nitrogen and oxygen atoms in total. The predicted octanol–water partition coefficient (Wildman–Crippen LogP) is 2.09. The van der Waals surface area contributed by atoms with Crippen LogP contribution >= 0.6 is 11.3 Å². The van der Waals surface area contributed by atoms with Crippen LogP contribution in [0.15, 0.2) is 11.6 Å². The number of nitrogens with two attached hydrogens (primary N) is 1. The normalized spacial score (nSPS) is 9.55. The molecule has 0 radical (unpaired) electrons. The summed E-state index contributed by atoms with van der Waals surface area (Å²) >= 11 is 1.32. The second-order valence-electron chi connectivity index (χ2n) is 2.14. The Morgan fingerprint density at radius 3 is 2.73 bits per heavy atom. The van der Waals surface area contributed by atoms with Crippen molar-refractivity contribution in [2.75, 3.05) is 5.73 Å². The van der Waals surface area contributed by atoms with E-state index in [4.69, 9.17) is 5.73 Å². The van der Waals surface area contributed by atoms with Gasteiger partial charge in [-0.25, -0.2) is 4.98 Å². The SMILES string of the molecule is C=Nc1sc(N)nc1C(=C)C. The molecule has 0 amide bonds. The smallest absolute Gasteiger partial charge is 0.182 e. The number of nitrogens with zero attached hydrogens (tertiary/aromatic N) is 2. The highest BCUT2D eigenvalue weighted by atomic mass is 32.1. The Kier molecular flexibility index (Phi) is 2.05. The van der Waals surface area contributed by atoms with Crippen LogP contribution in [0.3, 0.4) is 0 Å². The van der Waals surface area contributed by atoms with Crippen molar-refractivity contribution >= 4 is 33.8 Å². The molecule has 11 heavy (non-hydrogen) atoms. The van der Waals surface area contributed by atoms with Crippen LogP contribution in [-0.2, 0) is 0 Å². The van der Waals surface area contributed by atoms with Gasteiger partial charge >= 0.3 is 0 Å². The van der Waals surface area contributed by atoms with Gasteiger partial charge in [0.1, 0.15) is 10.7 Å². The average Bonchev–Trinajstić information content (AvgIpc) is 2.30. The first kappa shape index (κ1) is 7.94. The molecule has 0 aliphatic rings. The Morgan fingerprint density at radius 2 is 2.36 bits per heavy atom. The topological polar surface area (TPSA) is 51.3 Å². The summed E-state index contributed by atoms with van der Waals surface area (Å²) in [6, 6.07) is 0. The molecular formula is C7H9N3S. The Morgan fingerprint density at radius 1 is 1.73 bits per heavy atom. The maximum Gasteiger partial charge on any atom is 0.182 e. The van der Waals surface area contributed by atoms with E-state index in [9.17, 15) is 0 Å². The summed E-state index contributed by atoms with van der Waals surface area (Å²) in [6.45, 7) is 9.02. The molecule has 0 atom stereocenters. The van der Waals surface area contributed by atoms with E-state index in [1.165, 1.54) is 11.3 Å². The minimum Gasteiger partial charge on any atom is -0.375 e. The molecule has 0 aromatic carbocycles. The van der Waals surface area contributed by atoms with Gasteiger partial charge in [-0.3, -0.25) is 4.99 Å². The first-order valence-corrected chi connectivity index (χ1v) is 3.85. The molecule has 1 heterocycles. The molecule has 1 aromatic heterocycles. The number of hydrogen-bond donors (Lipinski definition) is 1. The van der Waals surface area contributed by atoms with Crippen LogP contribution in [0.5, 0.6) is 0 Å². The number of aliphatic imine (C=N–C) groups is 1. The fourth-order valence-corrected chi connectivity index (χ4v) is 1.43. The van der Waals surface area contributed by atoms with Crippen molar-refractivity contribution in [2.45, 2.75) is 6.92 Å². The van der Waals surface area contributed by atoms with Gasteiger partial charge in [-0.1, -0.05) is 17.9 Å². The van der Waals surface area contributed by atoms with Gasteiger partial charge in [0.2, 0.25) is 0 Å². The minimum absolute atomic E-state index is 0.505. The maximum atomic E-state index is 5.47. The van der Waals surface area contributed by atoms with Crippen molar-refractivity contribution < 1.29 is 0 Å². The quantitative estimate of drug-likeness (QED) is 0.686. The Balaban J connectivity index is 3.22. The lowest BCUT2D eigenvalue weighted by molar-refractivity contribution is 1.34. The number of hydrogen-bond acceptors (Lipinski definition) is 4. The number of rotatable bonds is 2. The van der Waals surface area contributed by atoms with Crippen molar-refractivity contribution in [3.63, 3.8) is 0 Å². The highest BCUT2D eigenvalue weighted by Gasteiger charge is 2.07. The molecule has 1 aromatic rings. The zero-order chi connectivity index (χ0) is 8.43. The standard InChI is InChI=1S/C7H9N3S/c1-4(2)5-6(9-3)11-7(8)10-5/h1,3H2,2H3,(H2,8,10). The molecule has 0 spiro atoms. The largest absolute Gasteiger partial charge is 0.375 e. The van der Waals surface area contributed by atoms with Gasteiger partial charge in [0.05, 0.1) is 0 Å². The summed E-state index contributed by atoms with van der Waals surface area (Å²) in [5.41, 5.74) is 7.09. The van der Waals surface area contributed by atoms with Gasteiger partial charge in [-0.15, -0.1) is 0 Å². The fourth-order valence-electron chi connectivity index (χ4n) is 0.713. The zero-order valence-corrected chi connectivity index (χ0v) is 7.11. The summed E-state index contributed by atoms with van der Waals surface area (Å²) in [6.07, 6.45) is 0. The number of anilines is 1. The van der Waals surface area contributed by atoms with Crippen LogP contribution in [0, 0.1) is 0 Å². The van der Waals surface area contributed by atoms with E-state index in [1.54, 1.807) is 0 Å². The third kappa shape index (κ3) is 1.46. The van der Waals surface area contributed by atoms with E-state index in [0.717, 1.165) is 16.3 Å². The van der Waals surface area contributed by atoms with Crippen LogP contribution in [-0.4, -0.2) is 11.7 Å². The van der Waals surface area contributed by atoms with Crippen molar-refractivity contribution in [3.8, 4) is 0 Å². The molecule has 0 unspecified atom stereocenters. The average molecular weight is 167 g/mol. The Hall–Kier alpha value is -1.16. The van der Waals surface area contributed by atoms with Crippen molar-refractivity contribution in [3.05, 3.63) is 12.3 Å². The molecule has 0 saturated carbocycles. The van der Waals surface area contributed by atoms with Gasteiger partial charge in [0.15, 0.2) is 5.13 Å². The number of thiazole rings is 1. The lowest BCUT2D eigenvalue weighted by atomic mass is 10.3. The molecular weight excluding hydrogens is 158 g/mol. The van der Waals surface area contributed by atoms with Crippen LogP contribution in [0.4, 0.5) is 10.1 Å². The molecule has 0 aliphatic heterocycles. The monoisotopic (exact) mass is 167 g/mol. The highest BCUT2D eigenvalue weighted by molar-refractivity contribution is 7.19. The van der Waals surface area contributed by atoms with Crippen molar-refractivity contribution in [1.29, 1.82) is 0 Å². The van der Waals surface area contributed by atoms with Crippen LogP contribution < -0.4 is 5.73 Å². The van der Waals surface area contributed by atoms with E-state index in [-0.39, 0.29) is 0 Å². The lowest BCUT2D eigenvalue weighted by Crippen LogP contribution is -1.83. The van der Waals surface area contributed by atoms with E-state index < -0.39 is 0 Å². The summed E-state index contributed by atoms with van der Waals surface area (Å²) in [4.78, 5) is 7.82. The van der Waals surface area contributed by atoms with Gasteiger partial charge < -0.3 is 5.73 Å². The van der Waals surface area contributed by atoms with E-state index in [0.29, 0.717) is 5.13 Å². The van der Waals surface area contributed by atoms with Crippen LogP contribution in [0.1, 0.15) is 12.6 Å². The summed E-state index contributed by atoms with van der Waals surface area (Å²) in [5.74, 6) is 0. The summed E-state index contributed by atoms with van der Waals surface area (Å²) < 4.78 is 0. The number of aromatic nitrogens is 1. The zero-order valence-electron chi connectivity index (χ0n) is 6.29. The summed E-state index contributed by atoms with van der Waals surface area (Å²) in [5, 5.41) is 1.25. The number of nitrogen functional groups attached to an aromatic ring is 1. The van der Waals surface area contributed by atoms with Gasteiger partial charge in [-0.2, -0.15) is 0 Å². The second-order valence-corrected chi connectivity index (χ2v) is 3.15. The van der Waals surface area contributed by atoms with Crippen LogP contribution in [0.2, 0.25) is 0 Å². The third-order valence-electron chi connectivity index (χ3n) is 1.17. The molecule has 2 N–H and O–H groups in total. The van der Waals surface area contributed by atoms with Crippen molar-refractivity contribution in [1.82, 2.24) is 4.98 Å². The Labute approximate surface area is 69.3 Å². The molecule has 0 bridgehead atoms. The molecule has 4 heteroatoms. The third-order valence-corrected chi connectivity index (χ3v) is 1.99. The van der Waals surface area contributed by atoms with Gasteiger partial charge in [0.25, 0.3) is 0 Å². The first-order chi connectivity index (χ1) is 5.15. The predicted molar refractivity (Wildman–Crippen MR) is 50.4 cm³/mol. The molecule has 0 aliphatic carbocycles. The van der Waals surface area contributed by atoms with Gasteiger partial charge in [0, 0.05) is 0 Å². The van der Waals surface area contributed by atoms with E-state index in [2.05, 4.69) is 23.3 Å². The van der Waals surface area contributed by atoms with E-state index in [1.807, 2.05) is 6.92 Å². The Bertz CT molecular complexity index is 301. The number of allylic oxidation sites excluding steroid dienone is 1. The summed E-state index contributed by atoms with van der Waals surface area (Å²) in [7, 11) is 0. The van der Waals surface area contributed by atoms with Gasteiger partial charge in [-0.05, 0) is 19.2 Å². The highest BCUT2D eigenvalue weighted by Crippen LogP contribution is 2.32. The maximum absolute atomic E-state index is 5.47. The molecule has 58 valence electrons. The van der Waals surface area contributed by atoms with Crippen LogP contribution in [0.25, 0.3) is 5.57 Å². The minimum atomic E-state index is 0.505. The lowest BCUT2D eigenvalue weighted by Gasteiger charge is -1.91. The van der Waals surface area contributed by atoms with E-state index >= 15 is 0 Å². The molecule has 0 saturated heterocycles. The second kappa shape index (κ2) is 2.84.